The van der Waals surface area contributed by atoms with Crippen molar-refractivity contribution in [2.24, 2.45) is 0 Å². The first-order chi connectivity index (χ1) is 2.50. The Balaban J connectivity index is -0.0000000833. The first kappa shape index (κ1) is 16.4. The second kappa shape index (κ2) is 11.5. The van der Waals surface area contributed by atoms with Crippen LogP contribution in [-0.2, 0) is 53.8 Å². The summed E-state index contributed by atoms with van der Waals surface area (Å²) in [6, 6.07) is 0. The largest absolute Gasteiger partial charge is 2.00 e. The smallest absolute Gasteiger partial charge is 0.408 e. The van der Waals surface area contributed by atoms with Gasteiger partial charge in [-0.2, -0.15) is 6.42 Å². The fraction of sp³-hybridized carbons (Fsp3) is 0.500. The van der Waals surface area contributed by atoms with Crippen LogP contribution in [0.5, 0.6) is 0 Å². The normalized spacial score (nSPS) is 15.0. The summed E-state index contributed by atoms with van der Waals surface area (Å²) in [4.78, 5) is 0. The Morgan fingerprint density at radius 3 is 2.12 bits per heavy atom. The molecule has 1 heterocycles. The van der Waals surface area contributed by atoms with E-state index >= 15 is 0 Å². The quantitative estimate of drug-likeness (QED) is 0.600. The van der Waals surface area contributed by atoms with Gasteiger partial charge in [0, 0.05) is 32.7 Å². The molecule has 0 spiro atoms. The minimum absolute atomic E-state index is 0. The molecule has 1 radical (unpaired) electrons. The molecule has 0 bridgehead atoms. The van der Waals surface area contributed by atoms with Crippen LogP contribution in [0.3, 0.4) is 0 Å². The monoisotopic (exact) mass is 359 g/mol. The molecule has 0 aromatic rings. The maximum Gasteiger partial charge on any atom is 2.00 e. The van der Waals surface area contributed by atoms with Gasteiger partial charge >= 0.3 is 21.1 Å². The van der Waals surface area contributed by atoms with Gasteiger partial charge in [0.25, 0.3) is 0 Å². The topological polar surface area (TPSA) is 24.1 Å². The van der Waals surface area contributed by atoms with Crippen molar-refractivity contribution in [2.45, 2.75) is 6.42 Å². The van der Waals surface area contributed by atoms with Crippen LogP contribution in [0.2, 0.25) is 0 Å². The average Bonchev–Trinajstić information content (AvgIpc) is 1.76. The van der Waals surface area contributed by atoms with E-state index in [2.05, 4.69) is 10.9 Å². The van der Waals surface area contributed by atoms with Crippen molar-refractivity contribution in [3.05, 3.63) is 14.0 Å². The van der Waals surface area contributed by atoms with Crippen LogP contribution in [0.15, 0.2) is 0 Å². The van der Waals surface area contributed by atoms with Gasteiger partial charge in [0.05, 0.1) is 0 Å². The van der Waals surface area contributed by atoms with Crippen LogP contribution in [0.25, 0.3) is 0 Å². The molecule has 45 valence electrons. The zero-order valence-electron chi connectivity index (χ0n) is 4.98. The third-order valence-corrected chi connectivity index (χ3v) is 0.618. The Bertz CT molecular complexity index is 25.6. The van der Waals surface area contributed by atoms with E-state index in [1.807, 2.05) is 6.54 Å². The number of nitrogens with one attached hydrogen (secondary N) is 2. The maximum atomic E-state index is 2.92. The van der Waals surface area contributed by atoms with E-state index in [0.717, 1.165) is 13.0 Å². The molecule has 1 aliphatic rings. The Morgan fingerprint density at radius 1 is 1.38 bits per heavy atom. The van der Waals surface area contributed by atoms with Gasteiger partial charge in [0.2, 0.25) is 0 Å². The number of hydrogen-bond acceptors (Lipinski definition) is 2. The van der Waals surface area contributed by atoms with Crippen molar-refractivity contribution < 1.29 is 53.8 Å². The molecule has 8 heavy (non-hydrogen) atoms. The number of rotatable bonds is 0. The summed E-state index contributed by atoms with van der Waals surface area (Å²) in [6.07, 6.45) is 1.15. The van der Waals surface area contributed by atoms with Gasteiger partial charge in [-0.25, -0.2) is 0 Å². The fourth-order valence-electron chi connectivity index (χ4n) is 0.361. The molecule has 1 saturated heterocycles. The van der Waals surface area contributed by atoms with Crippen LogP contribution in [-0.4, -0.2) is 6.54 Å². The molecular formula is C4H10N2WY. The van der Waals surface area contributed by atoms with Gasteiger partial charge in [-0.3, -0.25) is 12.0 Å². The summed E-state index contributed by atoms with van der Waals surface area (Å²) >= 11 is 0. The minimum Gasteiger partial charge on any atom is -0.408 e. The SMILES string of the molecule is [CH-]1CCNN1.[CH3-].[W+2].[Y]. The Morgan fingerprint density at radius 2 is 2.00 bits per heavy atom. The van der Waals surface area contributed by atoms with Crippen LogP contribution in [0.1, 0.15) is 6.42 Å². The van der Waals surface area contributed by atoms with Gasteiger partial charge in [-0.05, 0) is 6.54 Å². The zero-order valence-corrected chi connectivity index (χ0v) is 10.7. The molecule has 4 heteroatoms. The average molecular weight is 359 g/mol. The van der Waals surface area contributed by atoms with E-state index in [0.29, 0.717) is 0 Å². The van der Waals surface area contributed by atoms with E-state index in [1.165, 1.54) is 0 Å². The van der Waals surface area contributed by atoms with E-state index < -0.39 is 0 Å². The van der Waals surface area contributed by atoms with Crippen molar-refractivity contribution in [2.75, 3.05) is 6.54 Å². The molecule has 1 fully saturated rings. The van der Waals surface area contributed by atoms with Gasteiger partial charge in [-0.15, -0.1) is 0 Å². The third-order valence-electron chi connectivity index (χ3n) is 0.618. The summed E-state index contributed by atoms with van der Waals surface area (Å²) in [5.41, 5.74) is 5.76. The van der Waals surface area contributed by atoms with Gasteiger partial charge in [0.1, 0.15) is 0 Å². The zero-order chi connectivity index (χ0) is 3.54. The first-order valence-corrected chi connectivity index (χ1v) is 1.80. The van der Waals surface area contributed by atoms with Gasteiger partial charge < -0.3 is 12.9 Å². The van der Waals surface area contributed by atoms with Crippen molar-refractivity contribution in [3.63, 3.8) is 0 Å². The van der Waals surface area contributed by atoms with Gasteiger partial charge in [-0.1, -0.05) is 0 Å². The minimum atomic E-state index is 0. The predicted molar refractivity (Wildman–Crippen MR) is 26.5 cm³/mol. The molecule has 0 aromatic carbocycles. The van der Waals surface area contributed by atoms with Gasteiger partial charge in [0.15, 0.2) is 0 Å². The predicted octanol–water partition coefficient (Wildman–Crippen LogP) is 0.0914. The van der Waals surface area contributed by atoms with Crippen molar-refractivity contribution in [3.8, 4) is 0 Å². The van der Waals surface area contributed by atoms with Crippen molar-refractivity contribution in [1.82, 2.24) is 10.9 Å². The molecule has 0 saturated carbocycles. The van der Waals surface area contributed by atoms with Crippen LogP contribution in [0, 0.1) is 14.0 Å². The van der Waals surface area contributed by atoms with E-state index in [-0.39, 0.29) is 61.2 Å². The van der Waals surface area contributed by atoms with Crippen LogP contribution < -0.4 is 10.9 Å². The molecule has 0 aliphatic carbocycles. The summed E-state index contributed by atoms with van der Waals surface area (Å²) in [5, 5.41) is 0. The first-order valence-electron chi connectivity index (χ1n) is 1.80. The molecule has 0 unspecified atom stereocenters. The Hall–Kier alpha value is 1.71. The fourth-order valence-corrected chi connectivity index (χ4v) is 0.361. The van der Waals surface area contributed by atoms with Crippen molar-refractivity contribution >= 4 is 0 Å². The summed E-state index contributed by atoms with van der Waals surface area (Å²) in [6.45, 7) is 3.08. The van der Waals surface area contributed by atoms with Crippen LogP contribution >= 0.6 is 0 Å². The number of hydrazine groups is 1. The molecule has 1 aliphatic heterocycles. The van der Waals surface area contributed by atoms with E-state index in [4.69, 9.17) is 0 Å². The summed E-state index contributed by atoms with van der Waals surface area (Å²) in [7, 11) is 0. The maximum absolute atomic E-state index is 2.92. The Kier molecular flexibility index (Phi) is 23.5. The molecule has 1 rings (SSSR count). The van der Waals surface area contributed by atoms with Crippen LogP contribution in [0.4, 0.5) is 0 Å². The summed E-state index contributed by atoms with van der Waals surface area (Å²) < 4.78 is 0. The standard InChI is InChI=1S/C3H7N2.CH3.W.Y/c1-2-4-5-3-1;;;/h2,4-5H,1,3H2;1H3;;/q2*-1;+2;. The van der Waals surface area contributed by atoms with E-state index in [9.17, 15) is 0 Å². The second-order valence-corrected chi connectivity index (χ2v) is 1.06. The molecule has 0 amide bonds. The molecule has 2 nitrogen and oxygen atoms in total. The number of hydrogen-bond donors (Lipinski definition) is 2. The van der Waals surface area contributed by atoms with E-state index in [1.54, 1.807) is 0 Å². The van der Waals surface area contributed by atoms with Crippen molar-refractivity contribution in [1.29, 1.82) is 0 Å². The second-order valence-electron chi connectivity index (χ2n) is 1.06. The Labute approximate surface area is 90.7 Å². The summed E-state index contributed by atoms with van der Waals surface area (Å²) in [5.74, 6) is 0. The molecule has 0 aromatic heterocycles. The molecule has 0 atom stereocenters. The molecular weight excluding hydrogens is 349 g/mol. The third kappa shape index (κ3) is 7.71. The molecule has 2 N–H and O–H groups in total.